The van der Waals surface area contributed by atoms with Gasteiger partial charge in [0.2, 0.25) is 5.91 Å². The molecule has 2 aliphatic heterocycles. The number of ketones is 1. The normalized spacial score (nSPS) is 22.4. The van der Waals surface area contributed by atoms with Crippen LogP contribution in [0.15, 0.2) is 28.8 Å². The number of thioether (sulfide) groups is 1. The standard InChI is InChI=1S/C15H14N4O3S2/c1-8-7-24-15-12(18-11(21)5-9-3-2-4-23-9)14(22)19(15)13(8)10(20)6-17-16/h2-4,6,12,15H,5,7H2,1H3,(H,18,21)/t12?,15-/m1/s1. The number of Topliss-reactive ketones (excluding diaryl/α,β-unsaturated/α-hetero) is 1. The van der Waals surface area contributed by atoms with Gasteiger partial charge < -0.3 is 10.8 Å². The first kappa shape index (κ1) is 16.6. The fraction of sp³-hybridized carbons (Fsp3) is 0.333. The zero-order valence-electron chi connectivity index (χ0n) is 12.8. The number of β-lactam (4-membered cyclic amide) rings is 1. The molecule has 124 valence electrons. The van der Waals surface area contributed by atoms with Gasteiger partial charge in [-0.1, -0.05) is 6.07 Å². The van der Waals surface area contributed by atoms with Gasteiger partial charge in [-0.3, -0.25) is 19.3 Å². The molecule has 0 aromatic carbocycles. The summed E-state index contributed by atoms with van der Waals surface area (Å²) in [7, 11) is 0. The second kappa shape index (κ2) is 6.72. The van der Waals surface area contributed by atoms with Crippen LogP contribution in [0.4, 0.5) is 0 Å². The first-order valence-corrected chi connectivity index (χ1v) is 9.13. The van der Waals surface area contributed by atoms with Crippen LogP contribution < -0.4 is 5.32 Å². The van der Waals surface area contributed by atoms with Crippen molar-refractivity contribution in [2.24, 2.45) is 0 Å². The molecule has 1 saturated heterocycles. The summed E-state index contributed by atoms with van der Waals surface area (Å²) in [5.74, 6) is -0.476. The van der Waals surface area contributed by atoms with Crippen molar-refractivity contribution in [2.45, 2.75) is 24.8 Å². The molecule has 3 rings (SSSR count). The van der Waals surface area contributed by atoms with Gasteiger partial charge >= 0.3 is 6.21 Å². The summed E-state index contributed by atoms with van der Waals surface area (Å²) in [4.78, 5) is 41.6. The highest BCUT2D eigenvalue weighted by atomic mass is 32.2. The molecule has 7 nitrogen and oxygen atoms in total. The zero-order valence-corrected chi connectivity index (χ0v) is 14.4. The summed E-state index contributed by atoms with van der Waals surface area (Å²) < 4.78 is 0. The number of carbonyl (C=O) groups is 3. The van der Waals surface area contributed by atoms with E-state index < -0.39 is 11.8 Å². The van der Waals surface area contributed by atoms with E-state index in [4.69, 9.17) is 5.53 Å². The lowest BCUT2D eigenvalue weighted by atomic mass is 10.0. The largest absolute Gasteiger partial charge is 0.361 e. The maximum atomic E-state index is 12.4. The predicted octanol–water partition coefficient (Wildman–Crippen LogP) is 0.834. The number of hydrogen-bond acceptors (Lipinski definition) is 5. The number of rotatable bonds is 5. The molecule has 2 atom stereocenters. The van der Waals surface area contributed by atoms with E-state index >= 15 is 0 Å². The van der Waals surface area contributed by atoms with Crippen LogP contribution in [0.1, 0.15) is 11.8 Å². The topological polar surface area (TPSA) is 103 Å². The SMILES string of the molecule is CC1=C(C(=O)C=[N+]=[N-])N2C(=O)C(NC(=O)Cc3cccs3)[C@H]2SC1. The predicted molar refractivity (Wildman–Crippen MR) is 90.4 cm³/mol. The molecule has 0 radical (unpaired) electrons. The van der Waals surface area contributed by atoms with E-state index in [1.807, 2.05) is 17.5 Å². The van der Waals surface area contributed by atoms with Gasteiger partial charge in [-0.25, -0.2) is 0 Å². The summed E-state index contributed by atoms with van der Waals surface area (Å²) >= 11 is 2.98. The Balaban J connectivity index is 1.71. The van der Waals surface area contributed by atoms with Crippen LogP contribution in [-0.4, -0.2) is 50.7 Å². The molecular formula is C15H14N4O3S2. The molecule has 2 aliphatic rings. The Morgan fingerprint density at radius 1 is 1.54 bits per heavy atom. The van der Waals surface area contributed by atoms with Crippen LogP contribution >= 0.6 is 23.1 Å². The molecule has 9 heteroatoms. The van der Waals surface area contributed by atoms with Crippen molar-refractivity contribution < 1.29 is 19.2 Å². The monoisotopic (exact) mass is 362 g/mol. The highest BCUT2D eigenvalue weighted by Gasteiger charge is 2.53. The van der Waals surface area contributed by atoms with Crippen molar-refractivity contribution in [3.8, 4) is 0 Å². The molecule has 0 saturated carbocycles. The Labute approximate surface area is 146 Å². The molecule has 1 N–H and O–H groups in total. The quantitative estimate of drug-likeness (QED) is 0.363. The van der Waals surface area contributed by atoms with Gasteiger partial charge in [-0.05, 0) is 23.9 Å². The van der Waals surface area contributed by atoms with Gasteiger partial charge in [0, 0.05) is 10.6 Å². The zero-order chi connectivity index (χ0) is 17.3. The van der Waals surface area contributed by atoms with Gasteiger partial charge in [0.25, 0.3) is 11.7 Å². The molecule has 1 unspecified atom stereocenters. The molecule has 3 heterocycles. The Hall–Kier alpha value is -2.22. The van der Waals surface area contributed by atoms with Crippen LogP contribution in [0.5, 0.6) is 0 Å². The third-order valence-electron chi connectivity index (χ3n) is 3.80. The summed E-state index contributed by atoms with van der Waals surface area (Å²) in [5.41, 5.74) is 9.53. The van der Waals surface area contributed by atoms with E-state index in [2.05, 4.69) is 10.1 Å². The minimum Gasteiger partial charge on any atom is -0.361 e. The lowest BCUT2D eigenvalue weighted by Gasteiger charge is -2.49. The van der Waals surface area contributed by atoms with Gasteiger partial charge in [0.1, 0.15) is 11.4 Å². The maximum absolute atomic E-state index is 12.4. The molecule has 2 amide bonds. The summed E-state index contributed by atoms with van der Waals surface area (Å²) in [6.07, 6.45) is 1.01. The van der Waals surface area contributed by atoms with Crippen molar-refractivity contribution in [1.82, 2.24) is 10.2 Å². The Bertz CT molecular complexity index is 781. The highest BCUT2D eigenvalue weighted by Crippen LogP contribution is 2.40. The van der Waals surface area contributed by atoms with Gasteiger partial charge in [-0.2, -0.15) is 4.79 Å². The molecule has 0 bridgehead atoms. The maximum Gasteiger partial charge on any atom is 0.329 e. The third-order valence-corrected chi connectivity index (χ3v) is 6.10. The van der Waals surface area contributed by atoms with Crippen molar-refractivity contribution in [2.75, 3.05) is 5.75 Å². The minimum atomic E-state index is -0.635. The highest BCUT2D eigenvalue weighted by molar-refractivity contribution is 8.00. The summed E-state index contributed by atoms with van der Waals surface area (Å²) in [6, 6.07) is 3.10. The van der Waals surface area contributed by atoms with E-state index in [-0.39, 0.29) is 29.3 Å². The Kier molecular flexibility index (Phi) is 4.66. The van der Waals surface area contributed by atoms with Gasteiger partial charge in [0.15, 0.2) is 0 Å². The molecule has 1 aromatic heterocycles. The molecule has 1 aromatic rings. The van der Waals surface area contributed by atoms with Crippen molar-refractivity contribution in [3.05, 3.63) is 39.2 Å². The van der Waals surface area contributed by atoms with Gasteiger partial charge in [-0.15, -0.1) is 23.1 Å². The van der Waals surface area contributed by atoms with E-state index in [9.17, 15) is 14.4 Å². The first-order chi connectivity index (χ1) is 11.5. The van der Waals surface area contributed by atoms with Crippen molar-refractivity contribution in [3.63, 3.8) is 0 Å². The number of hydrogen-bond donors (Lipinski definition) is 1. The summed E-state index contributed by atoms with van der Waals surface area (Å²) in [6.45, 7) is 1.76. The molecule has 0 aliphatic carbocycles. The van der Waals surface area contributed by atoms with E-state index in [0.717, 1.165) is 16.7 Å². The molecule has 1 fully saturated rings. The van der Waals surface area contributed by atoms with E-state index in [1.54, 1.807) is 6.92 Å². The first-order valence-electron chi connectivity index (χ1n) is 7.21. The fourth-order valence-corrected chi connectivity index (χ4v) is 4.72. The molecular weight excluding hydrogens is 348 g/mol. The average molecular weight is 362 g/mol. The summed E-state index contributed by atoms with van der Waals surface area (Å²) in [5, 5.41) is 4.34. The number of carbonyl (C=O) groups excluding carboxylic acids is 3. The lowest BCUT2D eigenvalue weighted by Crippen LogP contribution is -2.70. The Morgan fingerprint density at radius 2 is 2.33 bits per heavy atom. The molecule has 24 heavy (non-hydrogen) atoms. The smallest absolute Gasteiger partial charge is 0.329 e. The van der Waals surface area contributed by atoms with E-state index in [0.29, 0.717) is 5.75 Å². The van der Waals surface area contributed by atoms with Crippen LogP contribution in [0, 0.1) is 0 Å². The second-order valence-corrected chi connectivity index (χ2v) is 7.59. The van der Waals surface area contributed by atoms with Crippen molar-refractivity contribution in [1.29, 1.82) is 0 Å². The fourth-order valence-electron chi connectivity index (χ4n) is 2.73. The average Bonchev–Trinajstić information content (AvgIpc) is 3.05. The van der Waals surface area contributed by atoms with Crippen LogP contribution in [0.3, 0.4) is 0 Å². The van der Waals surface area contributed by atoms with Crippen LogP contribution in [-0.2, 0) is 20.8 Å². The Morgan fingerprint density at radius 3 is 3.00 bits per heavy atom. The number of nitrogens with zero attached hydrogens (tertiary/aromatic N) is 3. The number of amides is 2. The van der Waals surface area contributed by atoms with E-state index in [1.165, 1.54) is 28.0 Å². The minimum absolute atomic E-state index is 0.216. The molecule has 0 spiro atoms. The van der Waals surface area contributed by atoms with Crippen LogP contribution in [0.25, 0.3) is 5.53 Å². The number of fused-ring (bicyclic) bond motifs is 1. The second-order valence-electron chi connectivity index (χ2n) is 5.45. The third kappa shape index (κ3) is 2.93. The number of nitrogens with one attached hydrogen (secondary N) is 1. The van der Waals surface area contributed by atoms with Gasteiger partial charge in [0.05, 0.1) is 12.1 Å². The number of allylic oxidation sites excluding steroid dienone is 1. The lowest BCUT2D eigenvalue weighted by molar-refractivity contribution is -0.147. The van der Waals surface area contributed by atoms with Crippen molar-refractivity contribution >= 4 is 46.9 Å². The van der Waals surface area contributed by atoms with Crippen LogP contribution in [0.2, 0.25) is 0 Å². The number of thiophene rings is 1.